The predicted octanol–water partition coefficient (Wildman–Crippen LogP) is 3.72. The molecule has 2 N–H and O–H groups in total. The van der Waals surface area contributed by atoms with Crippen molar-refractivity contribution in [3.05, 3.63) is 41.6 Å². The molecule has 1 aromatic carbocycles. The normalized spacial score (nSPS) is 21.5. The van der Waals surface area contributed by atoms with Crippen LogP contribution >= 0.6 is 0 Å². The summed E-state index contributed by atoms with van der Waals surface area (Å²) in [7, 11) is 0. The highest BCUT2D eigenvalue weighted by Gasteiger charge is 2.34. The third kappa shape index (κ3) is 5.69. The highest BCUT2D eigenvalue weighted by molar-refractivity contribution is 6.01. The fraction of sp³-hybridized carbons (Fsp3) is 0.560. The lowest BCUT2D eigenvalue weighted by atomic mass is 9.83. The van der Waals surface area contributed by atoms with Crippen molar-refractivity contribution >= 4 is 22.7 Å². The first kappa shape index (κ1) is 23.4. The number of aromatic nitrogens is 1. The van der Waals surface area contributed by atoms with E-state index in [4.69, 9.17) is 0 Å². The van der Waals surface area contributed by atoms with Gasteiger partial charge in [0.2, 0.25) is 11.8 Å². The van der Waals surface area contributed by atoms with Gasteiger partial charge in [0.1, 0.15) is 0 Å². The van der Waals surface area contributed by atoms with Gasteiger partial charge < -0.3 is 10.0 Å². The van der Waals surface area contributed by atoms with Crippen LogP contribution in [0.2, 0.25) is 0 Å². The number of nitrogens with zero attached hydrogens (tertiary/aromatic N) is 2. The summed E-state index contributed by atoms with van der Waals surface area (Å²) in [4.78, 5) is 30.4. The summed E-state index contributed by atoms with van der Waals surface area (Å²) in [6.07, 6.45) is 4.01. The summed E-state index contributed by atoms with van der Waals surface area (Å²) < 4.78 is 0. The number of hydrogen-bond acceptors (Lipinski definition) is 5. The van der Waals surface area contributed by atoms with E-state index >= 15 is 0 Å². The van der Waals surface area contributed by atoms with Gasteiger partial charge in [-0.3, -0.25) is 19.9 Å². The Labute approximate surface area is 185 Å². The third-order valence-corrected chi connectivity index (χ3v) is 6.01. The van der Waals surface area contributed by atoms with E-state index in [1.54, 1.807) is 6.20 Å². The van der Waals surface area contributed by atoms with Gasteiger partial charge in [-0.05, 0) is 61.1 Å². The van der Waals surface area contributed by atoms with E-state index in [1.165, 1.54) is 0 Å². The monoisotopic (exact) mass is 425 g/mol. The number of carbonyl (C=O) groups is 2. The molecule has 4 rings (SSSR count). The van der Waals surface area contributed by atoms with Gasteiger partial charge in [0, 0.05) is 31.1 Å². The Hall–Kier alpha value is -2.31. The third-order valence-electron chi connectivity index (χ3n) is 6.01. The standard InChI is InChI=1S/C21H25N3O3.C4H10/c1-2-24-9-7-21(27,8-10-24)16-3-5-18-14(12-16)11-15(13-22-18)17-4-6-19(25)23-20(17)26;1-4(2)3/h3,5,11-13,17,27H,2,4,6-10H2,1H3,(H,23,25,26);4H,1-3H3. The average Bonchev–Trinajstić information content (AvgIpc) is 2.73. The topological polar surface area (TPSA) is 82.5 Å². The van der Waals surface area contributed by atoms with Crippen molar-refractivity contribution in [2.75, 3.05) is 19.6 Å². The van der Waals surface area contributed by atoms with Crippen molar-refractivity contribution in [3.8, 4) is 0 Å². The van der Waals surface area contributed by atoms with E-state index in [0.29, 0.717) is 25.7 Å². The Morgan fingerprint density at radius 1 is 1.19 bits per heavy atom. The van der Waals surface area contributed by atoms with Crippen LogP contribution in [0.1, 0.15) is 70.4 Å². The molecule has 6 nitrogen and oxygen atoms in total. The Balaban J connectivity index is 0.000000628. The number of pyridine rings is 1. The molecule has 2 aromatic rings. The molecule has 2 fully saturated rings. The van der Waals surface area contributed by atoms with Gasteiger partial charge in [-0.15, -0.1) is 0 Å². The van der Waals surface area contributed by atoms with Crippen molar-refractivity contribution < 1.29 is 14.7 Å². The van der Waals surface area contributed by atoms with E-state index < -0.39 is 5.60 Å². The molecular weight excluding hydrogens is 390 g/mol. The zero-order valence-electron chi connectivity index (χ0n) is 19.1. The number of piperidine rings is 2. The number of benzene rings is 1. The molecule has 0 spiro atoms. The lowest BCUT2D eigenvalue weighted by Gasteiger charge is -2.38. The van der Waals surface area contributed by atoms with Crippen molar-refractivity contribution in [2.24, 2.45) is 5.92 Å². The highest BCUT2D eigenvalue weighted by Crippen LogP contribution is 2.35. The molecule has 3 heterocycles. The van der Waals surface area contributed by atoms with Gasteiger partial charge >= 0.3 is 0 Å². The summed E-state index contributed by atoms with van der Waals surface area (Å²) in [5.41, 5.74) is 1.75. The minimum atomic E-state index is -0.815. The number of fused-ring (bicyclic) bond motifs is 1. The largest absolute Gasteiger partial charge is 0.385 e. The molecule has 2 amide bonds. The van der Waals surface area contributed by atoms with E-state index in [-0.39, 0.29) is 17.7 Å². The van der Waals surface area contributed by atoms with Crippen LogP contribution in [-0.4, -0.2) is 46.4 Å². The SMILES string of the molecule is CC(C)C.CCN1CCC(O)(c2ccc3ncc(C4CCC(=O)NC4=O)cc3c2)CC1. The van der Waals surface area contributed by atoms with Crippen LogP contribution in [-0.2, 0) is 15.2 Å². The minimum Gasteiger partial charge on any atom is -0.385 e. The number of imide groups is 1. The Morgan fingerprint density at radius 3 is 2.48 bits per heavy atom. The summed E-state index contributed by atoms with van der Waals surface area (Å²) >= 11 is 0. The number of hydrogen-bond donors (Lipinski definition) is 2. The molecule has 6 heteroatoms. The second-order valence-electron chi connectivity index (χ2n) is 9.38. The van der Waals surface area contributed by atoms with Crippen molar-refractivity contribution in [1.82, 2.24) is 15.2 Å². The zero-order chi connectivity index (χ0) is 22.6. The van der Waals surface area contributed by atoms with E-state index in [9.17, 15) is 14.7 Å². The van der Waals surface area contributed by atoms with Gasteiger partial charge in [0.25, 0.3) is 0 Å². The number of amides is 2. The number of nitrogens with one attached hydrogen (secondary N) is 1. The number of rotatable bonds is 3. The van der Waals surface area contributed by atoms with Crippen LogP contribution in [0.25, 0.3) is 10.9 Å². The lowest BCUT2D eigenvalue weighted by molar-refractivity contribution is -0.134. The molecular formula is C25H35N3O3. The number of likely N-dealkylation sites (tertiary alicyclic amines) is 1. The molecule has 0 aliphatic carbocycles. The van der Waals surface area contributed by atoms with Crippen molar-refractivity contribution in [2.45, 2.75) is 64.9 Å². The summed E-state index contributed by atoms with van der Waals surface area (Å²) in [5.74, 6) is 0.0150. The van der Waals surface area contributed by atoms with Crippen LogP contribution in [0.3, 0.4) is 0 Å². The highest BCUT2D eigenvalue weighted by atomic mass is 16.3. The minimum absolute atomic E-state index is 0.215. The molecule has 168 valence electrons. The van der Waals surface area contributed by atoms with Gasteiger partial charge in [-0.2, -0.15) is 0 Å². The summed E-state index contributed by atoms with van der Waals surface area (Å²) in [5, 5.41) is 14.5. The van der Waals surface area contributed by atoms with E-state index in [2.05, 4.69) is 42.9 Å². The maximum Gasteiger partial charge on any atom is 0.234 e. The maximum absolute atomic E-state index is 12.2. The first-order valence-electron chi connectivity index (χ1n) is 11.4. The number of aliphatic hydroxyl groups is 1. The van der Waals surface area contributed by atoms with Crippen LogP contribution < -0.4 is 5.32 Å². The molecule has 1 unspecified atom stereocenters. The molecule has 2 aliphatic rings. The second-order valence-corrected chi connectivity index (χ2v) is 9.38. The van der Waals surface area contributed by atoms with E-state index in [0.717, 1.165) is 47.6 Å². The lowest BCUT2D eigenvalue weighted by Crippen LogP contribution is -2.42. The fourth-order valence-electron chi connectivity index (χ4n) is 4.17. The van der Waals surface area contributed by atoms with Gasteiger partial charge in [-0.1, -0.05) is 33.8 Å². The Kier molecular flexibility index (Phi) is 7.44. The van der Waals surface area contributed by atoms with Gasteiger partial charge in [0.15, 0.2) is 0 Å². The van der Waals surface area contributed by atoms with Gasteiger partial charge in [-0.25, -0.2) is 0 Å². The first-order chi connectivity index (χ1) is 14.7. The summed E-state index contributed by atoms with van der Waals surface area (Å²) in [6.45, 7) is 11.4. The van der Waals surface area contributed by atoms with Crippen LogP contribution in [0.15, 0.2) is 30.5 Å². The predicted molar refractivity (Wildman–Crippen MR) is 123 cm³/mol. The molecule has 0 bridgehead atoms. The maximum atomic E-state index is 12.2. The molecule has 0 saturated carbocycles. The Bertz CT molecular complexity index is 930. The van der Waals surface area contributed by atoms with Crippen molar-refractivity contribution in [3.63, 3.8) is 0 Å². The Morgan fingerprint density at radius 2 is 1.87 bits per heavy atom. The second kappa shape index (κ2) is 9.88. The van der Waals surface area contributed by atoms with Crippen molar-refractivity contribution in [1.29, 1.82) is 0 Å². The molecule has 1 aromatic heterocycles. The fourth-order valence-corrected chi connectivity index (χ4v) is 4.17. The molecule has 31 heavy (non-hydrogen) atoms. The zero-order valence-corrected chi connectivity index (χ0v) is 19.1. The van der Waals surface area contributed by atoms with Crippen LogP contribution in [0.4, 0.5) is 0 Å². The van der Waals surface area contributed by atoms with Crippen LogP contribution in [0, 0.1) is 5.92 Å². The summed E-state index contributed by atoms with van der Waals surface area (Å²) in [6, 6.07) is 7.86. The average molecular weight is 426 g/mol. The molecule has 1 atom stereocenters. The van der Waals surface area contributed by atoms with E-state index in [1.807, 2.05) is 24.3 Å². The quantitative estimate of drug-likeness (QED) is 0.733. The first-order valence-corrected chi connectivity index (χ1v) is 11.4. The van der Waals surface area contributed by atoms with Crippen LogP contribution in [0.5, 0.6) is 0 Å². The molecule has 2 saturated heterocycles. The molecule has 0 radical (unpaired) electrons. The number of carbonyl (C=O) groups excluding carboxylic acids is 2. The molecule has 2 aliphatic heterocycles. The smallest absolute Gasteiger partial charge is 0.234 e. The van der Waals surface area contributed by atoms with Gasteiger partial charge in [0.05, 0.1) is 17.0 Å².